The highest BCUT2D eigenvalue weighted by Gasteiger charge is 2.26. The van der Waals surface area contributed by atoms with Gasteiger partial charge in [0.1, 0.15) is 5.02 Å². The van der Waals surface area contributed by atoms with Gasteiger partial charge in [-0.05, 0) is 6.07 Å². The monoisotopic (exact) mass is 362 g/mol. The third-order valence-electron chi connectivity index (χ3n) is 2.51. The van der Waals surface area contributed by atoms with Gasteiger partial charge in [0.2, 0.25) is 0 Å². The van der Waals surface area contributed by atoms with Crippen molar-refractivity contribution in [3.63, 3.8) is 0 Å². The van der Waals surface area contributed by atoms with Gasteiger partial charge in [0, 0.05) is 20.2 Å². The number of carbonyl (C=O) groups is 1. The molecule has 0 unspecified atom stereocenters. The zero-order chi connectivity index (χ0) is 16.4. The molecule has 116 valence electrons. The van der Waals surface area contributed by atoms with Crippen molar-refractivity contribution in [2.45, 2.75) is 0 Å². The summed E-state index contributed by atoms with van der Waals surface area (Å²) in [5, 5.41) is 10.9. The van der Waals surface area contributed by atoms with Crippen LogP contribution in [0.2, 0.25) is 10.0 Å². The lowest BCUT2D eigenvalue weighted by Gasteiger charge is -2.10. The SMILES string of the molecule is CN(C)C(=O)Oc1nsnc1-c1c(Cl)ccc([N+](=O)[O-])c1Cl. The number of hydrogen-bond donors (Lipinski definition) is 0. The lowest BCUT2D eigenvalue weighted by Crippen LogP contribution is -2.25. The summed E-state index contributed by atoms with van der Waals surface area (Å²) in [4.78, 5) is 23.1. The fraction of sp³-hybridized carbons (Fsp3) is 0.182. The van der Waals surface area contributed by atoms with Crippen LogP contribution in [0, 0.1) is 10.1 Å². The van der Waals surface area contributed by atoms with Gasteiger partial charge in [-0.25, -0.2) is 4.79 Å². The Bertz CT molecular complexity index is 750. The summed E-state index contributed by atoms with van der Waals surface area (Å²) in [5.74, 6) is -0.118. The topological polar surface area (TPSA) is 98.5 Å². The summed E-state index contributed by atoms with van der Waals surface area (Å²) >= 11 is 12.8. The van der Waals surface area contributed by atoms with Crippen LogP contribution in [0.15, 0.2) is 12.1 Å². The molecule has 11 heteroatoms. The molecule has 0 aliphatic heterocycles. The molecular weight excluding hydrogens is 355 g/mol. The first-order valence-electron chi connectivity index (χ1n) is 5.67. The van der Waals surface area contributed by atoms with Gasteiger partial charge in [-0.3, -0.25) is 10.1 Å². The van der Waals surface area contributed by atoms with E-state index in [0.29, 0.717) is 0 Å². The molecule has 8 nitrogen and oxygen atoms in total. The first kappa shape index (κ1) is 16.4. The van der Waals surface area contributed by atoms with E-state index in [0.717, 1.165) is 11.7 Å². The Balaban J connectivity index is 2.54. The standard InChI is InChI=1S/C11H8Cl2N4O4S/c1-16(2)11(18)21-10-9(14-22-15-10)7-5(12)3-4-6(8(7)13)17(19)20/h3-4H,1-2H3. The number of aromatic nitrogens is 2. The van der Waals surface area contributed by atoms with Crippen molar-refractivity contribution < 1.29 is 14.5 Å². The summed E-state index contributed by atoms with van der Waals surface area (Å²) in [6, 6.07) is 2.50. The van der Waals surface area contributed by atoms with Gasteiger partial charge in [-0.2, -0.15) is 4.37 Å². The molecule has 0 spiro atoms. The number of nitro groups is 1. The highest BCUT2D eigenvalue weighted by Crippen LogP contribution is 2.42. The minimum atomic E-state index is -0.674. The molecule has 0 saturated heterocycles. The highest BCUT2D eigenvalue weighted by molar-refractivity contribution is 6.99. The van der Waals surface area contributed by atoms with E-state index in [1.165, 1.54) is 31.1 Å². The summed E-state index contributed by atoms with van der Waals surface area (Å²) in [5.41, 5.74) is -0.175. The number of ether oxygens (including phenoxy) is 1. The number of nitro benzene ring substituents is 1. The predicted molar refractivity (Wildman–Crippen MR) is 81.7 cm³/mol. The fourth-order valence-electron chi connectivity index (χ4n) is 1.47. The van der Waals surface area contributed by atoms with Crippen LogP contribution in [-0.4, -0.2) is 38.8 Å². The van der Waals surface area contributed by atoms with Crippen LogP contribution in [0.4, 0.5) is 10.5 Å². The number of hydrogen-bond acceptors (Lipinski definition) is 7. The zero-order valence-corrected chi connectivity index (χ0v) is 13.6. The average Bonchev–Trinajstić information content (AvgIpc) is 2.86. The maximum atomic E-state index is 11.6. The quantitative estimate of drug-likeness (QED) is 0.612. The smallest absolute Gasteiger partial charge is 0.388 e. The molecule has 0 aliphatic carbocycles. The van der Waals surface area contributed by atoms with Gasteiger partial charge in [-0.15, -0.1) is 4.37 Å². The van der Waals surface area contributed by atoms with E-state index in [2.05, 4.69) is 8.75 Å². The Hall–Kier alpha value is -1.97. The second-order valence-corrected chi connectivity index (χ2v) is 5.51. The number of rotatable bonds is 3. The van der Waals surface area contributed by atoms with Crippen molar-refractivity contribution in [3.8, 4) is 17.1 Å². The average molecular weight is 363 g/mol. The molecule has 1 amide bonds. The minimum Gasteiger partial charge on any atom is -0.388 e. The molecule has 0 saturated carbocycles. The van der Waals surface area contributed by atoms with E-state index >= 15 is 0 Å². The molecule has 2 rings (SSSR count). The molecular formula is C11H8Cl2N4O4S. The van der Waals surface area contributed by atoms with E-state index < -0.39 is 11.0 Å². The lowest BCUT2D eigenvalue weighted by atomic mass is 10.1. The van der Waals surface area contributed by atoms with E-state index in [1.54, 1.807) is 0 Å². The molecule has 22 heavy (non-hydrogen) atoms. The second-order valence-electron chi connectivity index (χ2n) is 4.19. The Labute approximate surface area is 138 Å². The van der Waals surface area contributed by atoms with Crippen molar-refractivity contribution in [3.05, 3.63) is 32.3 Å². The van der Waals surface area contributed by atoms with Crippen LogP contribution >= 0.6 is 34.9 Å². The zero-order valence-electron chi connectivity index (χ0n) is 11.2. The van der Waals surface area contributed by atoms with Gasteiger partial charge >= 0.3 is 6.09 Å². The highest BCUT2D eigenvalue weighted by atomic mass is 35.5. The normalized spacial score (nSPS) is 10.4. The molecule has 1 aromatic carbocycles. The van der Waals surface area contributed by atoms with Crippen molar-refractivity contribution >= 4 is 46.7 Å². The largest absolute Gasteiger partial charge is 0.416 e. The van der Waals surface area contributed by atoms with Gasteiger partial charge in [0.05, 0.1) is 27.2 Å². The summed E-state index contributed by atoms with van der Waals surface area (Å²) in [6.45, 7) is 0. The first-order chi connectivity index (χ1) is 10.3. The fourth-order valence-corrected chi connectivity index (χ4v) is 2.58. The number of carbonyl (C=O) groups excluding carboxylic acids is 1. The number of halogens is 2. The minimum absolute atomic E-state index is 0.0684. The predicted octanol–water partition coefficient (Wildman–Crippen LogP) is 3.48. The molecule has 0 N–H and O–H groups in total. The summed E-state index contributed by atoms with van der Waals surface area (Å²) in [6.07, 6.45) is -0.674. The third-order valence-corrected chi connectivity index (χ3v) is 3.72. The summed E-state index contributed by atoms with van der Waals surface area (Å²) in [7, 11) is 2.99. The molecule has 1 heterocycles. The van der Waals surface area contributed by atoms with E-state index in [1.807, 2.05) is 0 Å². The van der Waals surface area contributed by atoms with Crippen LogP contribution in [0.3, 0.4) is 0 Å². The maximum absolute atomic E-state index is 11.6. The van der Waals surface area contributed by atoms with Crippen molar-refractivity contribution in [1.29, 1.82) is 0 Å². The van der Waals surface area contributed by atoms with E-state index in [9.17, 15) is 14.9 Å². The number of benzene rings is 1. The van der Waals surface area contributed by atoms with Crippen LogP contribution < -0.4 is 4.74 Å². The van der Waals surface area contributed by atoms with E-state index in [4.69, 9.17) is 27.9 Å². The first-order valence-corrected chi connectivity index (χ1v) is 7.16. The van der Waals surface area contributed by atoms with Crippen molar-refractivity contribution in [2.24, 2.45) is 0 Å². The third kappa shape index (κ3) is 3.11. The second kappa shape index (κ2) is 6.42. The molecule has 0 bridgehead atoms. The molecule has 1 aromatic heterocycles. The Morgan fingerprint density at radius 3 is 2.64 bits per heavy atom. The van der Waals surface area contributed by atoms with Gasteiger partial charge < -0.3 is 9.64 Å². The van der Waals surface area contributed by atoms with E-state index in [-0.39, 0.29) is 32.9 Å². The Kier molecular flexibility index (Phi) is 4.79. The molecule has 2 aromatic rings. The van der Waals surface area contributed by atoms with Crippen LogP contribution in [0.5, 0.6) is 5.88 Å². The van der Waals surface area contributed by atoms with Crippen LogP contribution in [0.1, 0.15) is 0 Å². The van der Waals surface area contributed by atoms with Crippen LogP contribution in [-0.2, 0) is 0 Å². The van der Waals surface area contributed by atoms with Crippen molar-refractivity contribution in [1.82, 2.24) is 13.6 Å². The molecule has 0 fully saturated rings. The van der Waals surface area contributed by atoms with Crippen LogP contribution in [0.25, 0.3) is 11.3 Å². The lowest BCUT2D eigenvalue weighted by molar-refractivity contribution is -0.384. The number of amides is 1. The number of nitrogens with zero attached hydrogens (tertiary/aromatic N) is 4. The molecule has 0 radical (unpaired) electrons. The van der Waals surface area contributed by atoms with Crippen molar-refractivity contribution in [2.75, 3.05) is 14.1 Å². The Morgan fingerprint density at radius 1 is 1.36 bits per heavy atom. The molecule has 0 atom stereocenters. The van der Waals surface area contributed by atoms with Gasteiger partial charge in [-0.1, -0.05) is 23.2 Å². The van der Waals surface area contributed by atoms with Gasteiger partial charge in [0.25, 0.3) is 11.6 Å². The molecule has 0 aliphatic rings. The summed E-state index contributed by atoms with van der Waals surface area (Å²) < 4.78 is 12.9. The van der Waals surface area contributed by atoms with Gasteiger partial charge in [0.15, 0.2) is 5.69 Å². The Morgan fingerprint density at radius 2 is 2.05 bits per heavy atom. The maximum Gasteiger partial charge on any atom is 0.416 e.